The lowest BCUT2D eigenvalue weighted by atomic mass is 10.2. The Morgan fingerprint density at radius 2 is 1.79 bits per heavy atom. The van der Waals surface area contributed by atoms with Crippen LogP contribution in [0.5, 0.6) is 0 Å². The van der Waals surface area contributed by atoms with Gasteiger partial charge in [0.25, 0.3) is 10.0 Å². The first-order valence-corrected chi connectivity index (χ1v) is 11.7. The SMILES string of the molecule is CSc1nnc(NC(=O)CN(c2ccc(C)cc2)S(=O)(=O)c2ccccc2)s1. The van der Waals surface area contributed by atoms with Crippen molar-refractivity contribution in [1.29, 1.82) is 0 Å². The molecule has 0 fully saturated rings. The van der Waals surface area contributed by atoms with Gasteiger partial charge in [0.15, 0.2) is 4.34 Å². The minimum Gasteiger partial charge on any atom is -0.299 e. The number of hydrogen-bond donors (Lipinski definition) is 1. The minimum absolute atomic E-state index is 0.115. The van der Waals surface area contributed by atoms with Gasteiger partial charge in [-0.05, 0) is 37.4 Å². The molecule has 0 aliphatic rings. The summed E-state index contributed by atoms with van der Waals surface area (Å²) in [5.74, 6) is -0.496. The maximum atomic E-state index is 13.2. The van der Waals surface area contributed by atoms with Crippen molar-refractivity contribution >= 4 is 49.8 Å². The van der Waals surface area contributed by atoms with E-state index in [4.69, 9.17) is 0 Å². The van der Waals surface area contributed by atoms with Gasteiger partial charge in [0.05, 0.1) is 10.6 Å². The van der Waals surface area contributed by atoms with Crippen LogP contribution in [0.15, 0.2) is 63.8 Å². The molecule has 0 aliphatic carbocycles. The van der Waals surface area contributed by atoms with Gasteiger partial charge < -0.3 is 0 Å². The smallest absolute Gasteiger partial charge is 0.264 e. The summed E-state index contributed by atoms with van der Waals surface area (Å²) in [5, 5.41) is 10.8. The van der Waals surface area contributed by atoms with Crippen LogP contribution < -0.4 is 9.62 Å². The van der Waals surface area contributed by atoms with Gasteiger partial charge in [0.2, 0.25) is 11.0 Å². The zero-order valence-corrected chi connectivity index (χ0v) is 17.6. The highest BCUT2D eigenvalue weighted by molar-refractivity contribution is 8.00. The first kappa shape index (κ1) is 20.3. The summed E-state index contributed by atoms with van der Waals surface area (Å²) in [6.45, 7) is 1.53. The van der Waals surface area contributed by atoms with Gasteiger partial charge >= 0.3 is 0 Å². The third-order valence-electron chi connectivity index (χ3n) is 3.77. The van der Waals surface area contributed by atoms with Gasteiger partial charge in [-0.15, -0.1) is 10.2 Å². The normalized spacial score (nSPS) is 11.2. The zero-order chi connectivity index (χ0) is 20.1. The van der Waals surface area contributed by atoms with Crippen molar-refractivity contribution in [2.75, 3.05) is 22.4 Å². The third-order valence-corrected chi connectivity index (χ3v) is 7.37. The molecule has 2 aromatic carbocycles. The molecule has 0 aliphatic heterocycles. The molecule has 0 atom stereocenters. The van der Waals surface area contributed by atoms with Crippen LogP contribution in [0.3, 0.4) is 0 Å². The van der Waals surface area contributed by atoms with Gasteiger partial charge in [0, 0.05) is 0 Å². The van der Waals surface area contributed by atoms with Crippen LogP contribution >= 0.6 is 23.1 Å². The van der Waals surface area contributed by atoms with Crippen molar-refractivity contribution in [3.63, 3.8) is 0 Å². The lowest BCUT2D eigenvalue weighted by Crippen LogP contribution is -2.38. The highest BCUT2D eigenvalue weighted by Crippen LogP contribution is 2.25. The second-order valence-corrected chi connectivity index (χ2v) is 9.68. The molecule has 1 amide bonds. The van der Waals surface area contributed by atoms with Gasteiger partial charge in [-0.3, -0.25) is 14.4 Å². The summed E-state index contributed by atoms with van der Waals surface area (Å²) in [5.41, 5.74) is 1.40. The van der Waals surface area contributed by atoms with E-state index in [9.17, 15) is 13.2 Å². The Labute approximate surface area is 171 Å². The van der Waals surface area contributed by atoms with E-state index in [0.29, 0.717) is 15.2 Å². The molecule has 1 N–H and O–H groups in total. The number of thioether (sulfide) groups is 1. The Morgan fingerprint density at radius 3 is 2.39 bits per heavy atom. The van der Waals surface area contributed by atoms with Crippen LogP contribution in [0.2, 0.25) is 0 Å². The predicted octanol–water partition coefficient (Wildman–Crippen LogP) is 3.40. The van der Waals surface area contributed by atoms with Gasteiger partial charge in [0.1, 0.15) is 6.54 Å². The van der Waals surface area contributed by atoms with Gasteiger partial charge in [-0.2, -0.15) is 0 Å². The summed E-state index contributed by atoms with van der Waals surface area (Å²) in [4.78, 5) is 12.7. The molecule has 28 heavy (non-hydrogen) atoms. The van der Waals surface area contributed by atoms with Crippen LogP contribution in [-0.4, -0.2) is 37.3 Å². The second-order valence-electron chi connectivity index (χ2n) is 5.79. The average molecular weight is 435 g/mol. The Morgan fingerprint density at radius 1 is 1.11 bits per heavy atom. The lowest BCUT2D eigenvalue weighted by Gasteiger charge is -2.24. The fourth-order valence-corrected chi connectivity index (χ4v) is 5.01. The number of nitrogens with zero attached hydrogens (tertiary/aromatic N) is 3. The van der Waals surface area contributed by atoms with Crippen LogP contribution in [0.25, 0.3) is 0 Å². The summed E-state index contributed by atoms with van der Waals surface area (Å²) >= 11 is 2.65. The van der Waals surface area contributed by atoms with Crippen molar-refractivity contribution in [3.8, 4) is 0 Å². The number of aryl methyl sites for hydroxylation is 1. The van der Waals surface area contributed by atoms with E-state index in [1.54, 1.807) is 42.5 Å². The number of aromatic nitrogens is 2. The molecule has 3 rings (SSSR count). The number of carbonyl (C=O) groups is 1. The molecule has 7 nitrogen and oxygen atoms in total. The van der Waals surface area contributed by atoms with Crippen molar-refractivity contribution < 1.29 is 13.2 Å². The molecule has 10 heteroatoms. The third kappa shape index (κ3) is 4.70. The topological polar surface area (TPSA) is 92.3 Å². The molecule has 1 aromatic heterocycles. The molecule has 1 heterocycles. The number of hydrogen-bond acceptors (Lipinski definition) is 7. The van der Waals surface area contributed by atoms with E-state index in [1.807, 2.05) is 13.2 Å². The molecule has 146 valence electrons. The number of anilines is 2. The maximum Gasteiger partial charge on any atom is 0.264 e. The number of rotatable bonds is 7. The van der Waals surface area contributed by atoms with Crippen LogP contribution in [0.1, 0.15) is 5.56 Å². The number of benzene rings is 2. The van der Waals surface area contributed by atoms with E-state index in [-0.39, 0.29) is 11.4 Å². The first-order chi connectivity index (χ1) is 13.4. The highest BCUT2D eigenvalue weighted by Gasteiger charge is 2.27. The number of nitrogens with one attached hydrogen (secondary N) is 1. The summed E-state index contributed by atoms with van der Waals surface area (Å²) < 4.78 is 28.1. The van der Waals surface area contributed by atoms with E-state index >= 15 is 0 Å². The fraction of sp³-hybridized carbons (Fsp3) is 0.167. The Bertz CT molecular complexity index is 1050. The first-order valence-electron chi connectivity index (χ1n) is 8.22. The van der Waals surface area contributed by atoms with E-state index in [0.717, 1.165) is 9.87 Å². The summed E-state index contributed by atoms with van der Waals surface area (Å²) in [6.07, 6.45) is 1.86. The maximum absolute atomic E-state index is 13.2. The second kappa shape index (κ2) is 8.72. The summed E-state index contributed by atoms with van der Waals surface area (Å²) in [6, 6.07) is 15.0. The quantitative estimate of drug-likeness (QED) is 0.453. The van der Waals surface area contributed by atoms with Crippen molar-refractivity contribution in [2.24, 2.45) is 0 Å². The Hall–Kier alpha value is -2.43. The molecule has 3 aromatic rings. The Balaban J connectivity index is 1.90. The number of sulfonamides is 1. The van der Waals surface area contributed by atoms with E-state index in [1.165, 1.54) is 35.2 Å². The highest BCUT2D eigenvalue weighted by atomic mass is 32.2. The molecule has 0 bridgehead atoms. The molecular weight excluding hydrogens is 416 g/mol. The standard InChI is InChI=1S/C18H18N4O3S3/c1-13-8-10-14(11-9-13)22(28(24,25)15-6-4-3-5-7-15)12-16(23)19-17-20-21-18(26-2)27-17/h3-11H,12H2,1-2H3,(H,19,20,23). The summed E-state index contributed by atoms with van der Waals surface area (Å²) in [7, 11) is -3.92. The van der Waals surface area contributed by atoms with Crippen molar-refractivity contribution in [2.45, 2.75) is 16.2 Å². The van der Waals surface area contributed by atoms with E-state index < -0.39 is 15.9 Å². The monoisotopic (exact) mass is 434 g/mol. The average Bonchev–Trinajstić information content (AvgIpc) is 3.15. The predicted molar refractivity (Wildman–Crippen MR) is 112 cm³/mol. The fourth-order valence-electron chi connectivity index (χ4n) is 2.38. The molecule has 0 saturated carbocycles. The lowest BCUT2D eigenvalue weighted by molar-refractivity contribution is -0.114. The van der Waals surface area contributed by atoms with Crippen molar-refractivity contribution in [3.05, 3.63) is 60.2 Å². The molecular formula is C18H18N4O3S3. The van der Waals surface area contributed by atoms with Crippen LogP contribution in [0.4, 0.5) is 10.8 Å². The number of carbonyl (C=O) groups excluding carboxylic acids is 1. The van der Waals surface area contributed by atoms with Gasteiger partial charge in [-0.1, -0.05) is 59.0 Å². The van der Waals surface area contributed by atoms with Crippen LogP contribution in [-0.2, 0) is 14.8 Å². The Kier molecular flexibility index (Phi) is 6.32. The van der Waals surface area contributed by atoms with E-state index in [2.05, 4.69) is 15.5 Å². The molecule has 0 saturated heterocycles. The molecule has 0 unspecified atom stereocenters. The van der Waals surface area contributed by atoms with Crippen molar-refractivity contribution in [1.82, 2.24) is 10.2 Å². The molecule has 0 radical (unpaired) electrons. The minimum atomic E-state index is -3.92. The van der Waals surface area contributed by atoms with Crippen LogP contribution in [0, 0.1) is 6.92 Å². The molecule has 0 spiro atoms. The number of amides is 1. The largest absolute Gasteiger partial charge is 0.299 e. The zero-order valence-electron chi connectivity index (χ0n) is 15.2. The van der Waals surface area contributed by atoms with Gasteiger partial charge in [-0.25, -0.2) is 8.42 Å².